The van der Waals surface area contributed by atoms with E-state index in [0.717, 1.165) is 18.5 Å². The SMILES string of the molecule is CNC(=O)c1cc(C2CC2)nc2c1c(C1CCN([S+](=O)([O-])c3c(C)noc3C)C1)nn2C. The van der Waals surface area contributed by atoms with Crippen LogP contribution < -0.4 is 5.32 Å². The summed E-state index contributed by atoms with van der Waals surface area (Å²) in [4.78, 5) is 17.7. The topological polar surface area (TPSA) is 129 Å². The summed E-state index contributed by atoms with van der Waals surface area (Å²) >= 11 is 0. The molecule has 11 heteroatoms. The minimum atomic E-state index is -3.74. The Morgan fingerprint density at radius 2 is 2.03 bits per heavy atom. The number of carbonyl (C=O) groups excluding carboxylic acids is 1. The van der Waals surface area contributed by atoms with Gasteiger partial charge in [-0.2, -0.15) is 5.10 Å². The number of pyridine rings is 1. The number of carbonyl (C=O) groups is 1. The van der Waals surface area contributed by atoms with E-state index in [-0.39, 0.29) is 29.0 Å². The van der Waals surface area contributed by atoms with Crippen molar-refractivity contribution in [1.82, 2.24) is 29.5 Å². The van der Waals surface area contributed by atoms with E-state index >= 15 is 0 Å². The van der Waals surface area contributed by atoms with Crippen molar-refractivity contribution in [2.75, 3.05) is 20.1 Å². The number of nitrogens with one attached hydrogen (secondary N) is 1. The van der Waals surface area contributed by atoms with Crippen LogP contribution in [-0.4, -0.2) is 54.8 Å². The predicted octanol–water partition coefficient (Wildman–Crippen LogP) is 2.20. The van der Waals surface area contributed by atoms with Crippen molar-refractivity contribution < 1.29 is 18.1 Å². The largest absolute Gasteiger partial charge is 0.593 e. The molecule has 4 heterocycles. The maximum atomic E-state index is 13.3. The van der Waals surface area contributed by atoms with E-state index in [1.54, 1.807) is 25.6 Å². The number of amides is 1. The Bertz CT molecular complexity index is 1260. The molecule has 1 N–H and O–H groups in total. The molecule has 1 aliphatic carbocycles. The van der Waals surface area contributed by atoms with Crippen molar-refractivity contribution in [3.63, 3.8) is 0 Å². The molecule has 5 rings (SSSR count). The Labute approximate surface area is 186 Å². The molecule has 0 radical (unpaired) electrons. The molecule has 2 fully saturated rings. The molecule has 0 aromatic carbocycles. The molecular formula is C21H26N6O4S. The highest BCUT2D eigenvalue weighted by Crippen LogP contribution is 2.42. The van der Waals surface area contributed by atoms with Crippen molar-refractivity contribution >= 4 is 27.3 Å². The van der Waals surface area contributed by atoms with Crippen LogP contribution in [0.25, 0.3) is 11.0 Å². The van der Waals surface area contributed by atoms with Gasteiger partial charge in [0.05, 0.1) is 23.2 Å². The summed E-state index contributed by atoms with van der Waals surface area (Å²) in [6.07, 6.45) is 2.76. The molecule has 0 bridgehead atoms. The van der Waals surface area contributed by atoms with Gasteiger partial charge in [-0.3, -0.25) is 9.48 Å². The maximum absolute atomic E-state index is 13.3. The lowest BCUT2D eigenvalue weighted by atomic mass is 9.98. The number of hydrogen-bond donors (Lipinski definition) is 1. The normalized spacial score (nSPS) is 21.2. The van der Waals surface area contributed by atoms with Crippen LogP contribution in [0.3, 0.4) is 0 Å². The molecule has 0 spiro atoms. The highest BCUT2D eigenvalue weighted by atomic mass is 32.3. The second-order valence-corrected chi connectivity index (χ2v) is 10.5. The van der Waals surface area contributed by atoms with Crippen LogP contribution in [0, 0.1) is 13.8 Å². The number of fused-ring (bicyclic) bond motifs is 1. The molecule has 2 aliphatic rings. The highest BCUT2D eigenvalue weighted by Gasteiger charge is 2.43. The summed E-state index contributed by atoms with van der Waals surface area (Å²) in [6.45, 7) is 3.86. The molecule has 1 saturated heterocycles. The third kappa shape index (κ3) is 3.26. The number of sulfonamides is 1. The molecule has 10 nitrogen and oxygen atoms in total. The smallest absolute Gasteiger partial charge is 0.251 e. The highest BCUT2D eigenvalue weighted by molar-refractivity contribution is 7.95. The van der Waals surface area contributed by atoms with E-state index in [2.05, 4.69) is 10.5 Å². The first-order chi connectivity index (χ1) is 15.2. The van der Waals surface area contributed by atoms with Gasteiger partial charge in [0.1, 0.15) is 5.69 Å². The summed E-state index contributed by atoms with van der Waals surface area (Å²) in [5.74, 6) is 0.342. The Kier molecular flexibility index (Phi) is 4.95. The van der Waals surface area contributed by atoms with Crippen LogP contribution in [-0.2, 0) is 21.7 Å². The van der Waals surface area contributed by atoms with Gasteiger partial charge in [0.15, 0.2) is 21.8 Å². The average molecular weight is 459 g/mol. The minimum absolute atomic E-state index is 0.130. The molecule has 1 aliphatic heterocycles. The van der Waals surface area contributed by atoms with Crippen molar-refractivity contribution in [1.29, 1.82) is 0 Å². The Morgan fingerprint density at radius 3 is 2.66 bits per heavy atom. The Hall–Kier alpha value is -2.63. The van der Waals surface area contributed by atoms with Crippen LogP contribution in [0.2, 0.25) is 0 Å². The molecule has 1 saturated carbocycles. The van der Waals surface area contributed by atoms with E-state index in [4.69, 9.17) is 14.6 Å². The van der Waals surface area contributed by atoms with E-state index in [1.165, 1.54) is 4.31 Å². The van der Waals surface area contributed by atoms with Gasteiger partial charge in [-0.25, -0.2) is 4.98 Å². The number of aryl methyl sites for hydroxylation is 3. The fourth-order valence-electron chi connectivity index (χ4n) is 4.63. The molecule has 1 amide bonds. The summed E-state index contributed by atoms with van der Waals surface area (Å²) < 4.78 is 34.7. The molecule has 32 heavy (non-hydrogen) atoms. The fourth-order valence-corrected chi connectivity index (χ4v) is 6.42. The molecular weight excluding hydrogens is 432 g/mol. The van der Waals surface area contributed by atoms with Crippen molar-refractivity contribution in [3.8, 4) is 0 Å². The van der Waals surface area contributed by atoms with E-state index in [9.17, 15) is 13.6 Å². The minimum Gasteiger partial charge on any atom is -0.593 e. The van der Waals surface area contributed by atoms with Crippen LogP contribution in [0.4, 0.5) is 0 Å². The second-order valence-electron chi connectivity index (χ2n) is 8.66. The number of nitrogens with zero attached hydrogens (tertiary/aromatic N) is 5. The van der Waals surface area contributed by atoms with Gasteiger partial charge in [0, 0.05) is 45.1 Å². The van der Waals surface area contributed by atoms with Crippen LogP contribution in [0.15, 0.2) is 15.5 Å². The first-order valence-corrected chi connectivity index (χ1v) is 12.2. The quantitative estimate of drug-likeness (QED) is 0.580. The monoisotopic (exact) mass is 458 g/mol. The van der Waals surface area contributed by atoms with Gasteiger partial charge in [0.2, 0.25) is 4.90 Å². The molecule has 170 valence electrons. The van der Waals surface area contributed by atoms with Gasteiger partial charge in [-0.1, -0.05) is 9.37 Å². The van der Waals surface area contributed by atoms with Crippen molar-refractivity contribution in [2.24, 2.45) is 7.05 Å². The first-order valence-electron chi connectivity index (χ1n) is 10.7. The lowest BCUT2D eigenvalue weighted by Crippen LogP contribution is -2.35. The summed E-state index contributed by atoms with van der Waals surface area (Å²) in [7, 11) is -0.315. The van der Waals surface area contributed by atoms with Gasteiger partial charge in [-0.15, -0.1) is 4.31 Å². The summed E-state index contributed by atoms with van der Waals surface area (Å²) in [5, 5.41) is 11.9. The first kappa shape index (κ1) is 21.2. The van der Waals surface area contributed by atoms with Crippen LogP contribution >= 0.6 is 0 Å². The number of aromatic nitrogens is 4. The zero-order valence-corrected chi connectivity index (χ0v) is 19.4. The molecule has 2 atom stereocenters. The summed E-state index contributed by atoms with van der Waals surface area (Å²) in [6, 6.07) is 1.87. The lowest BCUT2D eigenvalue weighted by molar-refractivity contribution is 0.0964. The Balaban J connectivity index is 1.54. The lowest BCUT2D eigenvalue weighted by Gasteiger charge is -2.22. The third-order valence-corrected chi connectivity index (χ3v) is 8.52. The average Bonchev–Trinajstić information content (AvgIpc) is 3.24. The van der Waals surface area contributed by atoms with Crippen molar-refractivity contribution in [2.45, 2.75) is 49.8 Å². The number of hydrogen-bond acceptors (Lipinski definition) is 7. The maximum Gasteiger partial charge on any atom is 0.251 e. The Morgan fingerprint density at radius 1 is 1.28 bits per heavy atom. The molecule has 3 aromatic heterocycles. The molecule has 3 aromatic rings. The molecule has 2 unspecified atom stereocenters. The van der Waals surface area contributed by atoms with Crippen molar-refractivity contribution in [3.05, 3.63) is 34.5 Å². The van der Waals surface area contributed by atoms with E-state index < -0.39 is 10.4 Å². The number of rotatable bonds is 5. The zero-order chi connectivity index (χ0) is 22.8. The van der Waals surface area contributed by atoms with E-state index in [1.807, 2.05) is 13.1 Å². The van der Waals surface area contributed by atoms with Crippen LogP contribution in [0.1, 0.15) is 64.3 Å². The van der Waals surface area contributed by atoms with Gasteiger partial charge in [0.25, 0.3) is 5.91 Å². The van der Waals surface area contributed by atoms with E-state index in [0.29, 0.717) is 46.9 Å². The summed E-state index contributed by atoms with van der Waals surface area (Å²) in [5.41, 5.74) is 3.20. The van der Waals surface area contributed by atoms with Gasteiger partial charge in [-0.05, 0) is 32.3 Å². The zero-order valence-electron chi connectivity index (χ0n) is 18.5. The second kappa shape index (κ2) is 7.46. The fraction of sp³-hybridized carbons (Fsp3) is 0.524. The van der Waals surface area contributed by atoms with Gasteiger partial charge >= 0.3 is 0 Å². The standard InChI is InChI=1S/C21H26N6O4S/c1-11-19(12(2)31-25-11)32(29,30)27-8-7-14(10-27)18-17-15(21(28)22-3)9-16(13-5-6-13)23-20(17)26(4)24-18/h9,13-14H,5-8,10H2,1-4H3,(H-,22,28,29,30). The third-order valence-electron chi connectivity index (χ3n) is 6.41. The van der Waals surface area contributed by atoms with Gasteiger partial charge < -0.3 is 14.4 Å². The predicted molar refractivity (Wildman–Crippen MR) is 116 cm³/mol. The van der Waals surface area contributed by atoms with Crippen LogP contribution in [0.5, 0.6) is 0 Å².